The molecular weight excluding hydrogens is 330 g/mol. The molecule has 0 aliphatic carbocycles. The minimum absolute atomic E-state index is 0.0163. The number of rotatable bonds is 8. The molecule has 2 aromatic carbocycles. The monoisotopic (exact) mass is 357 g/mol. The van der Waals surface area contributed by atoms with Crippen molar-refractivity contribution < 1.29 is 8.95 Å². The van der Waals surface area contributed by atoms with Crippen LogP contribution >= 0.6 is 0 Å². The van der Waals surface area contributed by atoms with Crippen molar-refractivity contribution in [1.29, 1.82) is 0 Å². The first-order valence-electron chi connectivity index (χ1n) is 8.52. The SMILES string of the molecule is C=CCC[C@H](N[S@@](=O)C(C)(C)C)c1cccc(Oc2ccccc2)c1. The number of hydrogen-bond acceptors (Lipinski definition) is 2. The van der Waals surface area contributed by atoms with Crippen LogP contribution in [0.5, 0.6) is 11.5 Å². The van der Waals surface area contributed by atoms with E-state index in [0.29, 0.717) is 0 Å². The molecule has 0 aliphatic heterocycles. The van der Waals surface area contributed by atoms with Gasteiger partial charge in [0.05, 0.1) is 15.7 Å². The lowest BCUT2D eigenvalue weighted by Crippen LogP contribution is -2.35. The third-order valence-electron chi connectivity index (χ3n) is 3.70. The minimum atomic E-state index is -1.14. The van der Waals surface area contributed by atoms with Crippen LogP contribution in [-0.4, -0.2) is 8.96 Å². The average Bonchev–Trinajstić information content (AvgIpc) is 2.58. The molecule has 0 fully saturated rings. The van der Waals surface area contributed by atoms with Crippen molar-refractivity contribution in [2.45, 2.75) is 44.4 Å². The van der Waals surface area contributed by atoms with Gasteiger partial charge < -0.3 is 4.74 Å². The Morgan fingerprint density at radius 1 is 1.12 bits per heavy atom. The zero-order valence-electron chi connectivity index (χ0n) is 15.2. The summed E-state index contributed by atoms with van der Waals surface area (Å²) in [6.07, 6.45) is 3.57. The van der Waals surface area contributed by atoms with Crippen LogP contribution in [0.3, 0.4) is 0 Å². The second kappa shape index (κ2) is 8.97. The van der Waals surface area contributed by atoms with Crippen LogP contribution in [0.1, 0.15) is 45.2 Å². The standard InChI is InChI=1S/C21H27NO2S/c1-5-6-15-20(22-25(23)21(2,3)4)17-11-10-14-19(16-17)24-18-12-8-7-9-13-18/h5,7-14,16,20,22H,1,6,15H2,2-4H3/t20-,25-/m0/s1. The van der Waals surface area contributed by atoms with Gasteiger partial charge in [-0.2, -0.15) is 0 Å². The smallest absolute Gasteiger partial charge is 0.127 e. The van der Waals surface area contributed by atoms with Crippen molar-refractivity contribution in [3.8, 4) is 11.5 Å². The Kier molecular flexibility index (Phi) is 6.97. The maximum Gasteiger partial charge on any atom is 0.127 e. The molecule has 0 aromatic heterocycles. The molecule has 0 spiro atoms. The minimum Gasteiger partial charge on any atom is -0.457 e. The van der Waals surface area contributed by atoms with E-state index in [9.17, 15) is 4.21 Å². The van der Waals surface area contributed by atoms with Crippen LogP contribution in [0, 0.1) is 0 Å². The largest absolute Gasteiger partial charge is 0.457 e. The molecule has 0 heterocycles. The molecule has 2 rings (SSSR count). The first-order valence-corrected chi connectivity index (χ1v) is 9.67. The highest BCUT2D eigenvalue weighted by molar-refractivity contribution is 7.84. The summed E-state index contributed by atoms with van der Waals surface area (Å²) >= 11 is 0. The summed E-state index contributed by atoms with van der Waals surface area (Å²) in [6, 6.07) is 17.6. The molecule has 2 aromatic rings. The van der Waals surface area contributed by atoms with Crippen molar-refractivity contribution >= 4 is 11.0 Å². The summed E-state index contributed by atoms with van der Waals surface area (Å²) in [5.41, 5.74) is 1.06. The highest BCUT2D eigenvalue weighted by Gasteiger charge is 2.23. The number of para-hydroxylation sites is 1. The molecule has 0 aliphatic rings. The van der Waals surface area contributed by atoms with E-state index in [0.717, 1.165) is 29.9 Å². The zero-order chi connectivity index (χ0) is 18.3. The summed E-state index contributed by atoms with van der Waals surface area (Å²) in [4.78, 5) is 0. The second-order valence-electron chi connectivity index (χ2n) is 6.91. The summed E-state index contributed by atoms with van der Waals surface area (Å²) < 4.78 is 21.4. The van der Waals surface area contributed by atoms with Crippen molar-refractivity contribution in [1.82, 2.24) is 4.72 Å². The Labute approximate surface area is 153 Å². The highest BCUT2D eigenvalue weighted by Crippen LogP contribution is 2.27. The Hall–Kier alpha value is -1.91. The van der Waals surface area contributed by atoms with Crippen molar-refractivity contribution in [2.24, 2.45) is 0 Å². The molecule has 3 nitrogen and oxygen atoms in total. The number of benzene rings is 2. The Balaban J connectivity index is 2.20. The summed E-state index contributed by atoms with van der Waals surface area (Å²) in [5.74, 6) is 1.57. The second-order valence-corrected chi connectivity index (χ2v) is 8.90. The lowest BCUT2D eigenvalue weighted by molar-refractivity contribution is 0.480. The molecule has 0 radical (unpaired) electrons. The fourth-order valence-corrected chi connectivity index (χ4v) is 3.17. The molecule has 4 heteroatoms. The van der Waals surface area contributed by atoms with Crippen LogP contribution < -0.4 is 9.46 Å². The van der Waals surface area contributed by atoms with Gasteiger partial charge in [-0.25, -0.2) is 8.93 Å². The van der Waals surface area contributed by atoms with Crippen LogP contribution in [-0.2, 0) is 11.0 Å². The van der Waals surface area contributed by atoms with E-state index >= 15 is 0 Å². The van der Waals surface area contributed by atoms with Gasteiger partial charge in [-0.3, -0.25) is 0 Å². The normalized spacial score (nSPS) is 13.9. The van der Waals surface area contributed by atoms with E-state index < -0.39 is 11.0 Å². The van der Waals surface area contributed by atoms with Crippen LogP contribution in [0.2, 0.25) is 0 Å². The Morgan fingerprint density at radius 3 is 2.44 bits per heavy atom. The molecule has 25 heavy (non-hydrogen) atoms. The van der Waals surface area contributed by atoms with Crippen molar-refractivity contribution in [2.75, 3.05) is 0 Å². The number of nitrogens with one attached hydrogen (secondary N) is 1. The lowest BCUT2D eigenvalue weighted by atomic mass is 10.0. The van der Waals surface area contributed by atoms with Crippen LogP contribution in [0.25, 0.3) is 0 Å². The van der Waals surface area contributed by atoms with Gasteiger partial charge >= 0.3 is 0 Å². The predicted octanol–water partition coefficient (Wildman–Crippen LogP) is 5.54. The van der Waals surface area contributed by atoms with Gasteiger partial charge in [0, 0.05) is 6.04 Å². The fraction of sp³-hybridized carbons (Fsp3) is 0.333. The van der Waals surface area contributed by atoms with Crippen LogP contribution in [0.15, 0.2) is 67.3 Å². The summed E-state index contributed by atoms with van der Waals surface area (Å²) in [7, 11) is -1.14. The first kappa shape index (κ1) is 19.4. The molecule has 0 saturated carbocycles. The number of hydrogen-bond donors (Lipinski definition) is 1. The van der Waals surface area contributed by atoms with E-state index in [-0.39, 0.29) is 10.8 Å². The van der Waals surface area contributed by atoms with E-state index in [1.165, 1.54) is 0 Å². The molecule has 2 atom stereocenters. The molecule has 1 N–H and O–H groups in total. The van der Waals surface area contributed by atoms with Gasteiger partial charge in [-0.05, 0) is 63.4 Å². The molecular formula is C21H27NO2S. The van der Waals surface area contributed by atoms with E-state index in [1.54, 1.807) is 0 Å². The van der Waals surface area contributed by atoms with E-state index in [4.69, 9.17) is 4.74 Å². The maximum atomic E-state index is 12.5. The predicted molar refractivity (Wildman–Crippen MR) is 106 cm³/mol. The van der Waals surface area contributed by atoms with Gasteiger partial charge in [0.2, 0.25) is 0 Å². The number of allylic oxidation sites excluding steroid dienone is 1. The Morgan fingerprint density at radius 2 is 1.80 bits per heavy atom. The Bertz CT molecular complexity index is 707. The van der Waals surface area contributed by atoms with Gasteiger partial charge in [0.25, 0.3) is 0 Å². The van der Waals surface area contributed by atoms with Gasteiger partial charge in [-0.15, -0.1) is 6.58 Å². The quantitative estimate of drug-likeness (QED) is 0.630. The summed E-state index contributed by atoms with van der Waals surface area (Å²) in [6.45, 7) is 9.70. The third-order valence-corrected chi connectivity index (χ3v) is 5.32. The molecule has 0 bridgehead atoms. The number of ether oxygens (including phenoxy) is 1. The topological polar surface area (TPSA) is 38.3 Å². The van der Waals surface area contributed by atoms with Gasteiger partial charge in [0.1, 0.15) is 11.5 Å². The van der Waals surface area contributed by atoms with Crippen molar-refractivity contribution in [3.63, 3.8) is 0 Å². The molecule has 134 valence electrons. The zero-order valence-corrected chi connectivity index (χ0v) is 16.0. The van der Waals surface area contributed by atoms with Gasteiger partial charge in [0.15, 0.2) is 0 Å². The molecule has 0 unspecified atom stereocenters. The van der Waals surface area contributed by atoms with Crippen molar-refractivity contribution in [3.05, 3.63) is 72.8 Å². The average molecular weight is 358 g/mol. The van der Waals surface area contributed by atoms with Crippen LogP contribution in [0.4, 0.5) is 0 Å². The lowest BCUT2D eigenvalue weighted by Gasteiger charge is -2.24. The fourth-order valence-electron chi connectivity index (χ4n) is 2.30. The van der Waals surface area contributed by atoms with E-state index in [1.807, 2.05) is 81.4 Å². The summed E-state index contributed by atoms with van der Waals surface area (Å²) in [5, 5.41) is 0. The highest BCUT2D eigenvalue weighted by atomic mass is 32.2. The molecule has 0 amide bonds. The van der Waals surface area contributed by atoms with E-state index in [2.05, 4.69) is 11.3 Å². The van der Waals surface area contributed by atoms with Gasteiger partial charge in [-0.1, -0.05) is 36.4 Å². The maximum absolute atomic E-state index is 12.5. The molecule has 0 saturated heterocycles. The third kappa shape index (κ3) is 6.15. The first-order chi connectivity index (χ1) is 11.9.